The minimum absolute atomic E-state index is 0.0859. The fraction of sp³-hybridized carbons (Fsp3) is 0.625. The van der Waals surface area contributed by atoms with Crippen LogP contribution in [0.2, 0.25) is 0 Å². The van der Waals surface area contributed by atoms with Crippen LogP contribution in [0.1, 0.15) is 42.1 Å². The van der Waals surface area contributed by atoms with E-state index >= 15 is 0 Å². The molecule has 0 saturated heterocycles. The van der Waals surface area contributed by atoms with Crippen LogP contribution in [-0.2, 0) is 33.0 Å². The second kappa shape index (κ2) is 6.96. The molecule has 2 N–H and O–H groups in total. The van der Waals surface area contributed by atoms with Gasteiger partial charge >= 0.3 is 0 Å². The number of aryl methyl sites for hydroxylation is 3. The molecule has 2 rings (SSSR count). The molecule has 2 heterocycles. The van der Waals surface area contributed by atoms with Gasteiger partial charge in [0, 0.05) is 30.4 Å². The van der Waals surface area contributed by atoms with Crippen LogP contribution in [0.15, 0.2) is 0 Å². The van der Waals surface area contributed by atoms with E-state index in [4.69, 9.17) is 0 Å². The fourth-order valence-corrected chi connectivity index (χ4v) is 2.92. The van der Waals surface area contributed by atoms with Crippen LogP contribution in [0.3, 0.4) is 0 Å². The molecule has 6 heteroatoms. The van der Waals surface area contributed by atoms with Crippen LogP contribution in [-0.4, -0.2) is 31.3 Å². The summed E-state index contributed by atoms with van der Waals surface area (Å²) in [5.41, 5.74) is 5.82. The maximum absolute atomic E-state index is 9.20. The molecule has 2 aromatic heterocycles. The van der Waals surface area contributed by atoms with Gasteiger partial charge in [-0.1, -0.05) is 13.8 Å². The van der Waals surface area contributed by atoms with Gasteiger partial charge in [-0.2, -0.15) is 10.2 Å². The van der Waals surface area contributed by atoms with E-state index in [2.05, 4.69) is 36.3 Å². The highest BCUT2D eigenvalue weighted by Gasteiger charge is 2.16. The van der Waals surface area contributed by atoms with Crippen molar-refractivity contribution in [1.29, 1.82) is 0 Å². The lowest BCUT2D eigenvalue weighted by atomic mass is 10.1. The normalized spacial score (nSPS) is 11.2. The summed E-state index contributed by atoms with van der Waals surface area (Å²) in [7, 11) is 2.01. The second-order valence-electron chi connectivity index (χ2n) is 5.56. The summed E-state index contributed by atoms with van der Waals surface area (Å²) in [6.07, 6.45) is 1.90. The van der Waals surface area contributed by atoms with Crippen LogP contribution in [0.4, 0.5) is 5.82 Å². The van der Waals surface area contributed by atoms with Gasteiger partial charge in [0.1, 0.15) is 5.82 Å². The van der Waals surface area contributed by atoms with Gasteiger partial charge in [-0.25, -0.2) is 4.68 Å². The summed E-state index contributed by atoms with van der Waals surface area (Å²) in [5, 5.41) is 21.8. The molecule has 6 nitrogen and oxygen atoms in total. The Balaban J connectivity index is 2.27. The maximum atomic E-state index is 9.20. The number of aliphatic hydroxyl groups excluding tert-OH is 1. The first-order chi connectivity index (χ1) is 10.5. The Morgan fingerprint density at radius 3 is 2.45 bits per heavy atom. The largest absolute Gasteiger partial charge is 0.394 e. The first-order valence-electron chi connectivity index (χ1n) is 7.95. The monoisotopic (exact) mass is 305 g/mol. The van der Waals surface area contributed by atoms with Gasteiger partial charge in [-0.05, 0) is 26.7 Å². The Morgan fingerprint density at radius 1 is 1.14 bits per heavy atom. The highest BCUT2D eigenvalue weighted by atomic mass is 16.3. The molecule has 122 valence electrons. The number of hydrogen-bond acceptors (Lipinski definition) is 4. The zero-order valence-corrected chi connectivity index (χ0v) is 14.3. The molecule has 0 aromatic carbocycles. The molecule has 0 fully saturated rings. The predicted octanol–water partition coefficient (Wildman–Crippen LogP) is 1.96. The van der Waals surface area contributed by atoms with E-state index in [0.29, 0.717) is 6.54 Å². The Labute approximate surface area is 132 Å². The van der Waals surface area contributed by atoms with Crippen LogP contribution in [0.25, 0.3) is 0 Å². The van der Waals surface area contributed by atoms with E-state index in [1.807, 2.05) is 23.3 Å². The van der Waals surface area contributed by atoms with E-state index in [-0.39, 0.29) is 6.61 Å². The van der Waals surface area contributed by atoms with E-state index in [9.17, 15) is 5.11 Å². The van der Waals surface area contributed by atoms with Crippen LogP contribution in [0.5, 0.6) is 0 Å². The van der Waals surface area contributed by atoms with E-state index in [0.717, 1.165) is 42.2 Å². The zero-order valence-electron chi connectivity index (χ0n) is 14.3. The molecule has 0 bridgehead atoms. The lowest BCUT2D eigenvalue weighted by molar-refractivity contribution is 0.270. The quantitative estimate of drug-likeness (QED) is 0.820. The van der Waals surface area contributed by atoms with E-state index in [1.165, 1.54) is 11.3 Å². The van der Waals surface area contributed by atoms with Crippen molar-refractivity contribution < 1.29 is 5.11 Å². The van der Waals surface area contributed by atoms with Crippen molar-refractivity contribution in [2.75, 3.05) is 11.9 Å². The van der Waals surface area contributed by atoms with Crippen molar-refractivity contribution in [2.45, 2.75) is 53.6 Å². The van der Waals surface area contributed by atoms with Gasteiger partial charge < -0.3 is 10.4 Å². The summed E-state index contributed by atoms with van der Waals surface area (Å²) in [5.74, 6) is 0.986. The smallest absolute Gasteiger partial charge is 0.127 e. The van der Waals surface area contributed by atoms with Crippen molar-refractivity contribution in [3.63, 3.8) is 0 Å². The SMILES string of the molecule is CCc1nn(C)c(CC)c1CNc1c(C)c(C)nn1CCO. The summed E-state index contributed by atoms with van der Waals surface area (Å²) >= 11 is 0. The topological polar surface area (TPSA) is 67.9 Å². The number of hydrogen-bond donors (Lipinski definition) is 2. The summed E-state index contributed by atoms with van der Waals surface area (Å²) in [6, 6.07) is 0. The Kier molecular flexibility index (Phi) is 5.24. The van der Waals surface area contributed by atoms with Crippen LogP contribution < -0.4 is 5.32 Å². The molecular formula is C16H27N5O. The summed E-state index contributed by atoms with van der Waals surface area (Å²) < 4.78 is 3.83. The highest BCUT2D eigenvalue weighted by molar-refractivity contribution is 5.47. The molecule has 0 aliphatic rings. The van der Waals surface area contributed by atoms with Crippen molar-refractivity contribution >= 4 is 5.82 Å². The number of rotatable bonds is 7. The van der Waals surface area contributed by atoms with Crippen molar-refractivity contribution in [3.05, 3.63) is 28.2 Å². The predicted molar refractivity (Wildman–Crippen MR) is 88.1 cm³/mol. The average Bonchev–Trinajstić information content (AvgIpc) is 2.95. The molecule has 22 heavy (non-hydrogen) atoms. The van der Waals surface area contributed by atoms with Gasteiger partial charge in [0.05, 0.1) is 24.5 Å². The van der Waals surface area contributed by atoms with Gasteiger partial charge in [0.25, 0.3) is 0 Å². The Bertz CT molecular complexity index is 641. The molecule has 0 amide bonds. The Hall–Kier alpha value is -1.82. The third-order valence-corrected chi connectivity index (χ3v) is 4.20. The zero-order chi connectivity index (χ0) is 16.3. The van der Waals surface area contributed by atoms with Gasteiger partial charge in [0.15, 0.2) is 0 Å². The first-order valence-corrected chi connectivity index (χ1v) is 7.95. The van der Waals surface area contributed by atoms with Crippen molar-refractivity contribution in [1.82, 2.24) is 19.6 Å². The maximum Gasteiger partial charge on any atom is 0.127 e. The van der Waals surface area contributed by atoms with Crippen LogP contribution >= 0.6 is 0 Å². The standard InChI is InChI=1S/C16H27N5O/c1-6-14-13(15(7-2)20(5)19-14)10-17-16-11(3)12(4)18-21(16)8-9-22/h17,22H,6-10H2,1-5H3. The van der Waals surface area contributed by atoms with E-state index < -0.39 is 0 Å². The van der Waals surface area contributed by atoms with Gasteiger partial charge in [-0.15, -0.1) is 0 Å². The molecule has 2 aromatic rings. The molecule has 0 unspecified atom stereocenters. The molecule has 0 atom stereocenters. The lowest BCUT2D eigenvalue weighted by Gasteiger charge is -2.11. The van der Waals surface area contributed by atoms with Crippen molar-refractivity contribution in [2.24, 2.45) is 7.05 Å². The number of nitrogens with one attached hydrogen (secondary N) is 1. The summed E-state index contributed by atoms with van der Waals surface area (Å²) in [6.45, 7) is 9.67. The molecule has 0 saturated carbocycles. The molecule has 0 aliphatic carbocycles. The number of anilines is 1. The average molecular weight is 305 g/mol. The molecular weight excluding hydrogens is 278 g/mol. The van der Waals surface area contributed by atoms with Gasteiger partial charge in [-0.3, -0.25) is 4.68 Å². The first kappa shape index (κ1) is 16.5. The summed E-state index contributed by atoms with van der Waals surface area (Å²) in [4.78, 5) is 0. The molecule has 0 spiro atoms. The molecule has 0 aliphatic heterocycles. The minimum Gasteiger partial charge on any atom is -0.394 e. The minimum atomic E-state index is 0.0859. The van der Waals surface area contributed by atoms with E-state index in [1.54, 1.807) is 0 Å². The number of nitrogens with zero attached hydrogens (tertiary/aromatic N) is 4. The van der Waals surface area contributed by atoms with Crippen molar-refractivity contribution in [3.8, 4) is 0 Å². The third kappa shape index (κ3) is 3.02. The molecule has 0 radical (unpaired) electrons. The lowest BCUT2D eigenvalue weighted by Crippen LogP contribution is -2.12. The number of aromatic nitrogens is 4. The van der Waals surface area contributed by atoms with Crippen LogP contribution in [0, 0.1) is 13.8 Å². The number of aliphatic hydroxyl groups is 1. The fourth-order valence-electron chi connectivity index (χ4n) is 2.92. The Morgan fingerprint density at radius 2 is 1.86 bits per heavy atom. The highest BCUT2D eigenvalue weighted by Crippen LogP contribution is 2.21. The second-order valence-corrected chi connectivity index (χ2v) is 5.56. The third-order valence-electron chi connectivity index (χ3n) is 4.20. The van der Waals surface area contributed by atoms with Gasteiger partial charge in [0.2, 0.25) is 0 Å².